The molecule has 1 heterocycles. The number of carbonyl (C=O) groups excluding carboxylic acids is 11. The van der Waals surface area contributed by atoms with Gasteiger partial charge in [-0.2, -0.15) is 0 Å². The molecule has 2 N–H and O–H groups in total. The molecule has 0 aliphatic heterocycles. The number of amides is 10. The summed E-state index contributed by atoms with van der Waals surface area (Å²) in [6, 6.07) is 7.22. The van der Waals surface area contributed by atoms with Crippen molar-refractivity contribution in [1.29, 1.82) is 0 Å². The first-order valence-electron chi connectivity index (χ1n) is 24.0. The highest BCUT2D eigenvalue weighted by Gasteiger charge is 2.27. The van der Waals surface area contributed by atoms with Gasteiger partial charge >= 0.3 is 0 Å². The van der Waals surface area contributed by atoms with Crippen molar-refractivity contribution in [2.75, 3.05) is 136 Å². The Hall–Kier alpha value is -7.55. The summed E-state index contributed by atoms with van der Waals surface area (Å²) in [6.45, 7) is 2.00. The zero-order chi connectivity index (χ0) is 56.9. The third-order valence-electron chi connectivity index (χ3n) is 11.9. The summed E-state index contributed by atoms with van der Waals surface area (Å²) in [7, 11) is 13.9. The number of ketones is 1. The van der Waals surface area contributed by atoms with Crippen LogP contribution in [0, 0.1) is 12.8 Å². The fraction of sp³-hybridized carbons (Fsp3) is 0.604. The van der Waals surface area contributed by atoms with Gasteiger partial charge in [-0.1, -0.05) is 38.1 Å². The van der Waals surface area contributed by atoms with E-state index >= 15 is 0 Å². The van der Waals surface area contributed by atoms with E-state index in [1.807, 2.05) is 12.1 Å². The van der Waals surface area contributed by atoms with E-state index in [0.29, 0.717) is 11.6 Å². The van der Waals surface area contributed by atoms with Crippen molar-refractivity contribution in [3.05, 3.63) is 35.7 Å². The molecule has 0 saturated heterocycles. The van der Waals surface area contributed by atoms with Crippen molar-refractivity contribution in [3.8, 4) is 11.4 Å². The van der Waals surface area contributed by atoms with Crippen LogP contribution in [0.3, 0.4) is 0 Å². The van der Waals surface area contributed by atoms with Crippen LogP contribution >= 0.6 is 0 Å². The van der Waals surface area contributed by atoms with Crippen LogP contribution in [-0.4, -0.2) is 282 Å². The molecule has 1 aromatic heterocycles. The molecule has 0 radical (unpaired) electrons. The summed E-state index contributed by atoms with van der Waals surface area (Å²) in [5.74, 6) is -4.78. The highest BCUT2D eigenvalue weighted by Crippen LogP contribution is 2.14. The van der Waals surface area contributed by atoms with E-state index in [-0.39, 0.29) is 75.5 Å². The van der Waals surface area contributed by atoms with Crippen molar-refractivity contribution < 1.29 is 57.8 Å². The second-order valence-electron chi connectivity index (χ2n) is 18.9. The Labute approximate surface area is 438 Å². The van der Waals surface area contributed by atoms with Crippen LogP contribution in [0.1, 0.15) is 44.5 Å². The van der Waals surface area contributed by atoms with Gasteiger partial charge in [-0.15, -0.1) is 20.4 Å². The maximum absolute atomic E-state index is 13.0. The third-order valence-corrected chi connectivity index (χ3v) is 11.9. The summed E-state index contributed by atoms with van der Waals surface area (Å²) < 4.78 is 0. The number of rotatable bonds is 29. The predicted octanol–water partition coefficient (Wildman–Crippen LogP) is -3.37. The molecule has 75 heavy (non-hydrogen) atoms. The second kappa shape index (κ2) is 30.6. The minimum atomic E-state index is -1.12. The molecule has 0 aliphatic rings. The van der Waals surface area contributed by atoms with Crippen molar-refractivity contribution in [3.63, 3.8) is 0 Å². The Kier molecular flexibility index (Phi) is 25.9. The van der Waals surface area contributed by atoms with E-state index in [0.717, 1.165) is 45.4 Å². The van der Waals surface area contributed by atoms with Crippen molar-refractivity contribution in [1.82, 2.24) is 74.7 Å². The van der Waals surface area contributed by atoms with Gasteiger partial charge in [-0.25, -0.2) is 0 Å². The van der Waals surface area contributed by atoms with E-state index in [9.17, 15) is 57.8 Å². The summed E-state index contributed by atoms with van der Waals surface area (Å²) in [5.41, 5.74) is 1.56. The maximum Gasteiger partial charge on any atom is 0.242 e. The predicted molar refractivity (Wildman–Crippen MR) is 271 cm³/mol. The number of aromatic nitrogens is 4. The van der Waals surface area contributed by atoms with Crippen molar-refractivity contribution in [2.24, 2.45) is 5.92 Å². The largest absolute Gasteiger partial charge is 0.376 e. The zero-order valence-corrected chi connectivity index (χ0v) is 45.6. The molecule has 27 heteroatoms. The van der Waals surface area contributed by atoms with Gasteiger partial charge in [0.1, 0.15) is 12.0 Å². The SMILES string of the molecule is Cc1nnc(-c2ccc(CNC(=O)CCCC(=O)N(C)CC(=O)N(C)CC(=O)N(C)CC(=O)N(C)CC(=O)N(C)CC(=O)N(C)CC(=O)N(C)CC(=O)N(C)CC(=O)N(C)CC(O)N(C)CC(=O)C(C)C)cc2)nn1. The second-order valence-corrected chi connectivity index (χ2v) is 18.9. The van der Waals surface area contributed by atoms with E-state index < -0.39 is 92.8 Å². The summed E-state index contributed by atoms with van der Waals surface area (Å²) in [4.78, 5) is 152. The van der Waals surface area contributed by atoms with Gasteiger partial charge in [0.15, 0.2) is 5.82 Å². The number of likely N-dealkylation sites (N-methyl/N-ethyl adjacent to an activating group) is 10. The average Bonchev–Trinajstić information content (AvgIpc) is 3.35. The summed E-state index contributed by atoms with van der Waals surface area (Å²) >= 11 is 0. The minimum Gasteiger partial charge on any atom is -0.376 e. The van der Waals surface area contributed by atoms with E-state index in [2.05, 4.69) is 25.7 Å². The quantitative estimate of drug-likeness (QED) is 0.0752. The van der Waals surface area contributed by atoms with Gasteiger partial charge < -0.3 is 54.5 Å². The number of benzene rings is 1. The van der Waals surface area contributed by atoms with Crippen molar-refractivity contribution >= 4 is 64.9 Å². The van der Waals surface area contributed by atoms with Crippen LogP contribution in [0.5, 0.6) is 0 Å². The summed E-state index contributed by atoms with van der Waals surface area (Å²) in [6.07, 6.45) is -0.795. The molecular formula is C48H75N15O12. The molecule has 2 aromatic rings. The monoisotopic (exact) mass is 1050 g/mol. The Bertz CT molecular complexity index is 2340. The van der Waals surface area contributed by atoms with Crippen LogP contribution in [0.15, 0.2) is 24.3 Å². The third kappa shape index (κ3) is 22.2. The molecular weight excluding hydrogens is 979 g/mol. The van der Waals surface area contributed by atoms with Crippen molar-refractivity contribution in [2.45, 2.75) is 52.8 Å². The first-order valence-corrected chi connectivity index (χ1v) is 24.0. The molecule has 0 bridgehead atoms. The summed E-state index contributed by atoms with van der Waals surface area (Å²) in [5, 5.41) is 29.0. The van der Waals surface area contributed by atoms with Crippen LogP contribution in [0.25, 0.3) is 11.4 Å². The Balaban J connectivity index is 1.71. The molecule has 414 valence electrons. The van der Waals surface area contributed by atoms with Gasteiger partial charge in [0, 0.05) is 94.3 Å². The minimum absolute atomic E-state index is 0.000718. The Morgan fingerprint density at radius 1 is 0.467 bits per heavy atom. The standard InChI is InChI=1S/C48H75N15O12/c1-32(2)36(64)22-54(4)39(67)24-56(6)41(69)26-58(8)43(71)28-60(10)45(73)30-62(12)47(75)31-63(13)46(74)29-61(11)44(72)27-59(9)42(70)25-57(7)40(68)23-55(5)38(66)16-14-15-37(65)49-21-34-17-19-35(20-18-34)48-52-50-33(3)51-53-48/h17-20,32,39,67H,14-16,21-31H2,1-13H3,(H,49,65). The maximum atomic E-state index is 13.0. The molecule has 27 nitrogen and oxygen atoms in total. The lowest BCUT2D eigenvalue weighted by atomic mass is 10.1. The van der Waals surface area contributed by atoms with Gasteiger partial charge in [0.05, 0.1) is 65.4 Å². The van der Waals surface area contributed by atoms with Crippen LogP contribution < -0.4 is 5.32 Å². The number of hydrogen-bond donors (Lipinski definition) is 2. The van der Waals surface area contributed by atoms with Gasteiger partial charge in [0.2, 0.25) is 64.9 Å². The topological polar surface area (TPSA) is 304 Å². The highest BCUT2D eigenvalue weighted by atomic mass is 16.3. The first-order chi connectivity index (χ1) is 35.0. The molecule has 10 amide bonds. The lowest BCUT2D eigenvalue weighted by molar-refractivity contribution is -0.146. The number of Topliss-reactive ketones (excluding diaryl/α,β-unsaturated/α-hetero) is 1. The van der Waals surface area contributed by atoms with Crippen LogP contribution in [0.4, 0.5) is 0 Å². The highest BCUT2D eigenvalue weighted by molar-refractivity contribution is 5.93. The number of nitrogens with zero attached hydrogens (tertiary/aromatic N) is 14. The number of aryl methyl sites for hydroxylation is 1. The Morgan fingerprint density at radius 2 is 0.800 bits per heavy atom. The lowest BCUT2D eigenvalue weighted by Crippen LogP contribution is -2.49. The fourth-order valence-corrected chi connectivity index (χ4v) is 6.36. The average molecular weight is 1050 g/mol. The first kappa shape index (κ1) is 63.6. The van der Waals surface area contributed by atoms with E-state index in [1.54, 1.807) is 40.0 Å². The number of aliphatic hydroxyl groups is 1. The van der Waals surface area contributed by atoms with Crippen LogP contribution in [-0.2, 0) is 59.3 Å². The number of hydrogen-bond acceptors (Lipinski definition) is 17. The zero-order valence-electron chi connectivity index (χ0n) is 45.6. The molecule has 0 spiro atoms. The Morgan fingerprint density at radius 3 is 1.15 bits per heavy atom. The molecule has 1 unspecified atom stereocenters. The number of carbonyl (C=O) groups is 11. The fourth-order valence-electron chi connectivity index (χ4n) is 6.36. The molecule has 2 rings (SSSR count). The van der Waals surface area contributed by atoms with E-state index in [4.69, 9.17) is 0 Å². The molecule has 1 aromatic carbocycles. The lowest BCUT2D eigenvalue weighted by Gasteiger charge is -2.29. The molecule has 0 saturated carbocycles. The van der Waals surface area contributed by atoms with E-state index in [1.165, 1.54) is 78.1 Å². The van der Waals surface area contributed by atoms with Crippen LogP contribution in [0.2, 0.25) is 0 Å². The molecule has 1 atom stereocenters. The van der Waals surface area contributed by atoms with Gasteiger partial charge in [-0.05, 0) is 26.0 Å². The number of nitrogens with one attached hydrogen (secondary N) is 1. The smallest absolute Gasteiger partial charge is 0.242 e. The number of aliphatic hydroxyl groups excluding tert-OH is 1. The van der Waals surface area contributed by atoms with Gasteiger partial charge in [0.25, 0.3) is 0 Å². The molecule has 0 fully saturated rings. The molecule has 0 aliphatic carbocycles. The normalized spacial score (nSPS) is 11.3. The van der Waals surface area contributed by atoms with Gasteiger partial charge in [-0.3, -0.25) is 57.6 Å².